The van der Waals surface area contributed by atoms with Crippen molar-refractivity contribution in [2.75, 3.05) is 12.4 Å². The van der Waals surface area contributed by atoms with Crippen LogP contribution in [0.5, 0.6) is 11.5 Å². The largest absolute Gasteiger partial charge is 0.493 e. The van der Waals surface area contributed by atoms with Gasteiger partial charge in [-0.05, 0) is 31.0 Å². The fraction of sp³-hybridized carbons (Fsp3) is 0.316. The number of alkyl halides is 2. The second-order valence-corrected chi connectivity index (χ2v) is 6.27. The summed E-state index contributed by atoms with van der Waals surface area (Å²) in [6.45, 7) is -0.970. The van der Waals surface area contributed by atoms with Gasteiger partial charge in [-0.3, -0.25) is 4.79 Å². The maximum absolute atomic E-state index is 12.5. The van der Waals surface area contributed by atoms with Crippen LogP contribution in [0.2, 0.25) is 0 Å². The highest BCUT2D eigenvalue weighted by molar-refractivity contribution is 5.95. The van der Waals surface area contributed by atoms with E-state index in [1.165, 1.54) is 24.8 Å². The zero-order valence-corrected chi connectivity index (χ0v) is 15.0. The van der Waals surface area contributed by atoms with Gasteiger partial charge < -0.3 is 14.8 Å². The van der Waals surface area contributed by atoms with Crippen LogP contribution in [0.4, 0.5) is 14.5 Å². The van der Waals surface area contributed by atoms with Crippen LogP contribution in [-0.2, 0) is 4.79 Å². The van der Waals surface area contributed by atoms with Crippen LogP contribution < -0.4 is 25.6 Å². The number of ether oxygens (including phenoxy) is 2. The summed E-state index contributed by atoms with van der Waals surface area (Å²) >= 11 is 0. The molecule has 2 atom stereocenters. The van der Waals surface area contributed by atoms with Crippen molar-refractivity contribution in [2.24, 2.45) is 0 Å². The third-order valence-corrected chi connectivity index (χ3v) is 4.35. The number of hydrazine groups is 1. The summed E-state index contributed by atoms with van der Waals surface area (Å²) < 4.78 is 34.5. The summed E-state index contributed by atoms with van der Waals surface area (Å²) in [5.74, 6) is -0.251. The van der Waals surface area contributed by atoms with Crippen LogP contribution >= 0.6 is 0 Å². The minimum Gasteiger partial charge on any atom is -0.493 e. The molecule has 8 heteroatoms. The number of nitrogens with one attached hydrogen (secondary N) is 3. The van der Waals surface area contributed by atoms with Crippen LogP contribution in [-0.4, -0.2) is 25.7 Å². The number of rotatable bonds is 6. The Morgan fingerprint density at radius 2 is 1.89 bits per heavy atom. The van der Waals surface area contributed by atoms with E-state index in [9.17, 15) is 13.6 Å². The van der Waals surface area contributed by atoms with Crippen molar-refractivity contribution in [3.63, 3.8) is 0 Å². The lowest BCUT2D eigenvalue weighted by Gasteiger charge is -2.14. The highest BCUT2D eigenvalue weighted by Gasteiger charge is 2.30. The average Bonchev–Trinajstić information content (AvgIpc) is 3.12. The maximum Gasteiger partial charge on any atom is 0.387 e. The topological polar surface area (TPSA) is 71.6 Å². The van der Waals surface area contributed by atoms with E-state index in [2.05, 4.69) is 20.9 Å². The smallest absolute Gasteiger partial charge is 0.387 e. The third-order valence-electron chi connectivity index (χ3n) is 4.35. The molecule has 0 aliphatic carbocycles. The Bertz CT molecular complexity index is 799. The highest BCUT2D eigenvalue weighted by Crippen LogP contribution is 2.32. The molecule has 3 rings (SSSR count). The third kappa shape index (κ3) is 4.72. The van der Waals surface area contributed by atoms with E-state index in [4.69, 9.17) is 4.74 Å². The van der Waals surface area contributed by atoms with E-state index in [0.29, 0.717) is 12.1 Å². The molecule has 1 fully saturated rings. The van der Waals surface area contributed by atoms with Gasteiger partial charge in [0.1, 0.15) is 6.04 Å². The van der Waals surface area contributed by atoms with Gasteiger partial charge in [-0.25, -0.2) is 10.9 Å². The van der Waals surface area contributed by atoms with Crippen molar-refractivity contribution in [1.82, 2.24) is 10.9 Å². The first-order chi connectivity index (χ1) is 13.0. The first-order valence-corrected chi connectivity index (χ1v) is 8.47. The Balaban J connectivity index is 1.64. The average molecular weight is 377 g/mol. The summed E-state index contributed by atoms with van der Waals surface area (Å²) in [5.41, 5.74) is 8.68. The van der Waals surface area contributed by atoms with Gasteiger partial charge in [-0.2, -0.15) is 8.78 Å². The van der Waals surface area contributed by atoms with E-state index >= 15 is 0 Å². The van der Waals surface area contributed by atoms with Crippen molar-refractivity contribution in [2.45, 2.75) is 32.0 Å². The molecule has 144 valence electrons. The first-order valence-electron chi connectivity index (χ1n) is 8.47. The Morgan fingerprint density at radius 1 is 1.15 bits per heavy atom. The van der Waals surface area contributed by atoms with Gasteiger partial charge in [0.15, 0.2) is 11.5 Å². The first kappa shape index (κ1) is 19.1. The van der Waals surface area contributed by atoms with Crippen LogP contribution in [0.15, 0.2) is 42.5 Å². The minimum atomic E-state index is -2.99. The predicted molar refractivity (Wildman–Crippen MR) is 96.9 cm³/mol. The second kappa shape index (κ2) is 8.32. The van der Waals surface area contributed by atoms with Crippen molar-refractivity contribution in [1.29, 1.82) is 0 Å². The number of aryl methyl sites for hydroxylation is 1. The summed E-state index contributed by atoms with van der Waals surface area (Å²) in [6, 6.07) is 12.0. The molecule has 0 aromatic heterocycles. The number of benzene rings is 2. The van der Waals surface area contributed by atoms with E-state index in [1.807, 2.05) is 31.2 Å². The number of anilines is 1. The van der Waals surface area contributed by atoms with Crippen LogP contribution in [0.1, 0.15) is 23.6 Å². The van der Waals surface area contributed by atoms with Crippen LogP contribution in [0.25, 0.3) is 0 Å². The number of carbonyl (C=O) groups is 1. The normalized spacial score (nSPS) is 19.1. The van der Waals surface area contributed by atoms with Gasteiger partial charge in [0.05, 0.1) is 7.11 Å². The fourth-order valence-corrected chi connectivity index (χ4v) is 2.92. The van der Waals surface area contributed by atoms with Crippen molar-refractivity contribution in [3.8, 4) is 11.5 Å². The summed E-state index contributed by atoms with van der Waals surface area (Å²) in [7, 11) is 1.35. The summed E-state index contributed by atoms with van der Waals surface area (Å²) in [4.78, 5) is 12.5. The number of amides is 1. The summed E-state index contributed by atoms with van der Waals surface area (Å²) in [5, 5.41) is 2.71. The number of carbonyl (C=O) groups excluding carboxylic acids is 1. The SMILES string of the molecule is COc1ccc(NC(=O)C2CC(c3ccc(C)cc3)NN2)cc1OC(F)F. The van der Waals surface area contributed by atoms with E-state index < -0.39 is 12.7 Å². The predicted octanol–water partition coefficient (Wildman–Crippen LogP) is 3.15. The molecule has 27 heavy (non-hydrogen) atoms. The van der Waals surface area contributed by atoms with Gasteiger partial charge in [-0.1, -0.05) is 29.8 Å². The molecule has 6 nitrogen and oxygen atoms in total. The Morgan fingerprint density at radius 3 is 2.56 bits per heavy atom. The van der Waals surface area contributed by atoms with Gasteiger partial charge in [0, 0.05) is 17.8 Å². The fourth-order valence-electron chi connectivity index (χ4n) is 2.92. The molecule has 1 heterocycles. The van der Waals surface area contributed by atoms with Crippen molar-refractivity contribution < 1.29 is 23.0 Å². The van der Waals surface area contributed by atoms with Crippen LogP contribution in [0, 0.1) is 6.92 Å². The Labute approximate surface area is 155 Å². The molecule has 2 aromatic carbocycles. The molecule has 1 saturated heterocycles. The molecule has 0 spiro atoms. The van der Waals surface area contributed by atoms with E-state index in [-0.39, 0.29) is 23.4 Å². The molecular formula is C19H21F2N3O3. The number of methoxy groups -OCH3 is 1. The van der Waals surface area contributed by atoms with Gasteiger partial charge >= 0.3 is 6.61 Å². The van der Waals surface area contributed by atoms with Crippen molar-refractivity contribution >= 4 is 11.6 Å². The molecule has 0 radical (unpaired) electrons. The zero-order chi connectivity index (χ0) is 19.4. The van der Waals surface area contributed by atoms with Gasteiger partial charge in [0.2, 0.25) is 5.91 Å². The quantitative estimate of drug-likeness (QED) is 0.721. The second-order valence-electron chi connectivity index (χ2n) is 6.27. The molecular weight excluding hydrogens is 356 g/mol. The molecule has 2 unspecified atom stereocenters. The zero-order valence-electron chi connectivity index (χ0n) is 15.0. The molecule has 1 amide bonds. The highest BCUT2D eigenvalue weighted by atomic mass is 19.3. The minimum absolute atomic E-state index is 0.00921. The summed E-state index contributed by atoms with van der Waals surface area (Å²) in [6.07, 6.45) is 0.561. The Hall–Kier alpha value is -2.71. The van der Waals surface area contributed by atoms with Crippen LogP contribution in [0.3, 0.4) is 0 Å². The molecule has 3 N–H and O–H groups in total. The van der Waals surface area contributed by atoms with Gasteiger partial charge in [-0.15, -0.1) is 0 Å². The lowest BCUT2D eigenvalue weighted by Crippen LogP contribution is -2.39. The number of hydrogen-bond acceptors (Lipinski definition) is 5. The lowest BCUT2D eigenvalue weighted by atomic mass is 10.0. The molecule has 0 bridgehead atoms. The molecule has 0 saturated carbocycles. The molecule has 1 aliphatic rings. The Kier molecular flexibility index (Phi) is 5.88. The standard InChI is InChI=1S/C19H21F2N3O3/c1-11-3-5-12(6-4-11)14-10-15(24-23-14)18(25)22-13-7-8-16(26-2)17(9-13)27-19(20)21/h3-9,14-15,19,23-24H,10H2,1-2H3,(H,22,25). The van der Waals surface area contributed by atoms with E-state index in [1.54, 1.807) is 6.07 Å². The monoisotopic (exact) mass is 377 g/mol. The van der Waals surface area contributed by atoms with Crippen molar-refractivity contribution in [3.05, 3.63) is 53.6 Å². The number of hydrogen-bond donors (Lipinski definition) is 3. The molecule has 2 aromatic rings. The lowest BCUT2D eigenvalue weighted by molar-refractivity contribution is -0.117. The van der Waals surface area contributed by atoms with Gasteiger partial charge in [0.25, 0.3) is 0 Å². The number of halogens is 2. The maximum atomic E-state index is 12.5. The van der Waals surface area contributed by atoms with E-state index in [0.717, 1.165) is 5.56 Å². The molecule has 1 aliphatic heterocycles.